The standard InChI is InChI=1S/C15H12O4/c16-12(5-7-14-3-1-9-18-14)11-13(17)6-8-15-4-2-10-19-15/h1-10H,11H2/b7-5+,8-6+. The van der Waals surface area contributed by atoms with Crippen molar-refractivity contribution >= 4 is 23.7 Å². The molecule has 0 N–H and O–H groups in total. The summed E-state index contributed by atoms with van der Waals surface area (Å²) in [6.45, 7) is 0. The molecule has 0 atom stereocenters. The number of allylic oxidation sites excluding steroid dienone is 2. The molecule has 19 heavy (non-hydrogen) atoms. The Labute approximate surface area is 110 Å². The molecule has 0 saturated carbocycles. The summed E-state index contributed by atoms with van der Waals surface area (Å²) >= 11 is 0. The van der Waals surface area contributed by atoms with E-state index in [4.69, 9.17) is 8.83 Å². The Morgan fingerprint density at radius 1 is 0.895 bits per heavy atom. The van der Waals surface area contributed by atoms with E-state index in [0.717, 1.165) is 0 Å². The van der Waals surface area contributed by atoms with Crippen LogP contribution in [0.15, 0.2) is 57.8 Å². The van der Waals surface area contributed by atoms with Crippen LogP contribution in [0.1, 0.15) is 17.9 Å². The van der Waals surface area contributed by atoms with E-state index in [1.807, 2.05) is 0 Å². The van der Waals surface area contributed by atoms with Crippen molar-refractivity contribution in [1.29, 1.82) is 0 Å². The fourth-order valence-electron chi connectivity index (χ4n) is 1.41. The van der Waals surface area contributed by atoms with Gasteiger partial charge in [0.2, 0.25) is 0 Å². The van der Waals surface area contributed by atoms with Gasteiger partial charge in [0.05, 0.1) is 18.9 Å². The Bertz CT molecular complexity index is 532. The van der Waals surface area contributed by atoms with Crippen LogP contribution < -0.4 is 0 Å². The molecule has 2 rings (SSSR count). The highest BCUT2D eigenvalue weighted by atomic mass is 16.3. The van der Waals surface area contributed by atoms with Crippen molar-refractivity contribution < 1.29 is 18.4 Å². The first-order valence-corrected chi connectivity index (χ1v) is 5.73. The van der Waals surface area contributed by atoms with Crippen LogP contribution in [-0.2, 0) is 9.59 Å². The minimum Gasteiger partial charge on any atom is -0.465 e. The molecule has 0 spiro atoms. The monoisotopic (exact) mass is 256 g/mol. The van der Waals surface area contributed by atoms with E-state index >= 15 is 0 Å². The lowest BCUT2D eigenvalue weighted by Gasteiger charge is -1.90. The SMILES string of the molecule is O=C(/C=C/c1ccco1)CC(=O)/C=C/c1ccco1. The van der Waals surface area contributed by atoms with Crippen molar-refractivity contribution in [2.45, 2.75) is 6.42 Å². The van der Waals surface area contributed by atoms with E-state index in [1.54, 1.807) is 24.3 Å². The number of hydrogen-bond donors (Lipinski definition) is 0. The van der Waals surface area contributed by atoms with Gasteiger partial charge in [-0.1, -0.05) is 0 Å². The fraction of sp³-hybridized carbons (Fsp3) is 0.0667. The van der Waals surface area contributed by atoms with Gasteiger partial charge in [-0.3, -0.25) is 9.59 Å². The third-order valence-corrected chi connectivity index (χ3v) is 2.30. The molecule has 0 aliphatic heterocycles. The van der Waals surface area contributed by atoms with Crippen LogP contribution in [0.4, 0.5) is 0 Å². The van der Waals surface area contributed by atoms with Crippen LogP contribution in [0, 0.1) is 0 Å². The summed E-state index contributed by atoms with van der Waals surface area (Å²) in [5.74, 6) is 0.606. The van der Waals surface area contributed by atoms with Gasteiger partial charge in [-0.05, 0) is 48.6 Å². The Morgan fingerprint density at radius 2 is 1.37 bits per heavy atom. The summed E-state index contributed by atoms with van der Waals surface area (Å²) in [6.07, 6.45) is 8.59. The van der Waals surface area contributed by atoms with Crippen LogP contribution >= 0.6 is 0 Å². The predicted molar refractivity (Wildman–Crippen MR) is 70.1 cm³/mol. The maximum atomic E-state index is 11.5. The van der Waals surface area contributed by atoms with E-state index in [-0.39, 0.29) is 18.0 Å². The molecule has 2 aromatic rings. The first kappa shape index (κ1) is 12.8. The first-order valence-electron chi connectivity index (χ1n) is 5.73. The second kappa shape index (κ2) is 6.35. The fourth-order valence-corrected chi connectivity index (χ4v) is 1.41. The third-order valence-electron chi connectivity index (χ3n) is 2.30. The average molecular weight is 256 g/mol. The summed E-state index contributed by atoms with van der Waals surface area (Å²) < 4.78 is 10.1. The second-order valence-electron chi connectivity index (χ2n) is 3.81. The minimum absolute atomic E-state index is 0.172. The second-order valence-corrected chi connectivity index (χ2v) is 3.81. The molecule has 0 aliphatic carbocycles. The molecule has 0 aliphatic rings. The Balaban J connectivity index is 1.83. The molecule has 0 bridgehead atoms. The van der Waals surface area contributed by atoms with Gasteiger partial charge >= 0.3 is 0 Å². The van der Waals surface area contributed by atoms with Crippen LogP contribution in [0.5, 0.6) is 0 Å². The molecule has 4 heteroatoms. The summed E-state index contributed by atoms with van der Waals surface area (Å²) in [7, 11) is 0. The van der Waals surface area contributed by atoms with Crippen LogP contribution in [0.3, 0.4) is 0 Å². The molecule has 2 heterocycles. The number of carbonyl (C=O) groups is 2. The van der Waals surface area contributed by atoms with Gasteiger partial charge in [0, 0.05) is 0 Å². The molecule has 2 aromatic heterocycles. The highest BCUT2D eigenvalue weighted by Gasteiger charge is 2.04. The number of ketones is 2. The van der Waals surface area contributed by atoms with Gasteiger partial charge in [-0.2, -0.15) is 0 Å². The molecule has 0 saturated heterocycles. The van der Waals surface area contributed by atoms with E-state index in [2.05, 4.69) is 0 Å². The summed E-state index contributed by atoms with van der Waals surface area (Å²) in [4.78, 5) is 23.0. The highest BCUT2D eigenvalue weighted by Crippen LogP contribution is 2.05. The molecule has 0 aromatic carbocycles. The lowest BCUT2D eigenvalue weighted by molar-refractivity contribution is -0.121. The minimum atomic E-state index is -0.273. The summed E-state index contributed by atoms with van der Waals surface area (Å²) in [6, 6.07) is 6.90. The van der Waals surface area contributed by atoms with E-state index in [1.165, 1.54) is 36.8 Å². The molecule has 0 radical (unpaired) electrons. The van der Waals surface area contributed by atoms with Crippen molar-refractivity contribution in [1.82, 2.24) is 0 Å². The Morgan fingerprint density at radius 3 is 1.74 bits per heavy atom. The third kappa shape index (κ3) is 4.27. The molecule has 0 amide bonds. The lowest BCUT2D eigenvalue weighted by Crippen LogP contribution is -2.01. The number of hydrogen-bond acceptors (Lipinski definition) is 4. The maximum absolute atomic E-state index is 11.5. The number of furan rings is 2. The van der Waals surface area contributed by atoms with Crippen molar-refractivity contribution in [3.05, 3.63) is 60.5 Å². The average Bonchev–Trinajstić information content (AvgIpc) is 3.07. The molecule has 0 fully saturated rings. The normalized spacial score (nSPS) is 11.4. The quantitative estimate of drug-likeness (QED) is 0.588. The zero-order valence-corrected chi connectivity index (χ0v) is 10.1. The zero-order valence-electron chi connectivity index (χ0n) is 10.1. The molecule has 4 nitrogen and oxygen atoms in total. The first-order chi connectivity index (χ1) is 9.24. The van der Waals surface area contributed by atoms with Crippen molar-refractivity contribution in [3.63, 3.8) is 0 Å². The van der Waals surface area contributed by atoms with Crippen molar-refractivity contribution in [3.8, 4) is 0 Å². The Hall–Kier alpha value is -2.62. The van der Waals surface area contributed by atoms with Gasteiger partial charge < -0.3 is 8.83 Å². The van der Waals surface area contributed by atoms with Gasteiger partial charge in [-0.25, -0.2) is 0 Å². The Kier molecular flexibility index (Phi) is 4.29. The van der Waals surface area contributed by atoms with Crippen LogP contribution in [-0.4, -0.2) is 11.6 Å². The van der Waals surface area contributed by atoms with Crippen LogP contribution in [0.2, 0.25) is 0 Å². The van der Waals surface area contributed by atoms with E-state index < -0.39 is 0 Å². The number of rotatable bonds is 6. The molecule has 0 unspecified atom stereocenters. The molecular formula is C15H12O4. The maximum Gasteiger partial charge on any atom is 0.163 e. The van der Waals surface area contributed by atoms with Crippen molar-refractivity contribution in [2.24, 2.45) is 0 Å². The van der Waals surface area contributed by atoms with E-state index in [0.29, 0.717) is 11.5 Å². The van der Waals surface area contributed by atoms with Gasteiger partial charge in [0.1, 0.15) is 11.5 Å². The predicted octanol–water partition coefficient (Wildman–Crippen LogP) is 3.13. The van der Waals surface area contributed by atoms with Gasteiger partial charge in [-0.15, -0.1) is 0 Å². The van der Waals surface area contributed by atoms with Gasteiger partial charge in [0.25, 0.3) is 0 Å². The summed E-state index contributed by atoms with van der Waals surface area (Å²) in [5.41, 5.74) is 0. The van der Waals surface area contributed by atoms with Gasteiger partial charge in [0.15, 0.2) is 11.6 Å². The lowest BCUT2D eigenvalue weighted by atomic mass is 10.1. The zero-order chi connectivity index (χ0) is 13.5. The topological polar surface area (TPSA) is 60.4 Å². The van der Waals surface area contributed by atoms with E-state index in [9.17, 15) is 9.59 Å². The van der Waals surface area contributed by atoms with Crippen molar-refractivity contribution in [2.75, 3.05) is 0 Å². The molecular weight excluding hydrogens is 244 g/mol. The number of carbonyl (C=O) groups excluding carboxylic acids is 2. The smallest absolute Gasteiger partial charge is 0.163 e. The largest absolute Gasteiger partial charge is 0.465 e. The van der Waals surface area contributed by atoms with Crippen LogP contribution in [0.25, 0.3) is 12.2 Å². The highest BCUT2D eigenvalue weighted by molar-refractivity contribution is 6.10. The molecule has 96 valence electrons. The summed E-state index contributed by atoms with van der Waals surface area (Å²) in [5, 5.41) is 0.